The Hall–Kier alpha value is -1.55. The van der Waals surface area contributed by atoms with Crippen molar-refractivity contribution in [1.82, 2.24) is 0 Å². The molecule has 1 atom stereocenters. The van der Waals surface area contributed by atoms with Gasteiger partial charge in [-0.3, -0.25) is 4.90 Å². The van der Waals surface area contributed by atoms with E-state index < -0.39 is 0 Å². The molecule has 1 unspecified atom stereocenters. The molecule has 1 aliphatic heterocycles. The summed E-state index contributed by atoms with van der Waals surface area (Å²) in [5.41, 5.74) is 3.18. The van der Waals surface area contributed by atoms with E-state index in [1.54, 1.807) is 4.90 Å². The van der Waals surface area contributed by atoms with Gasteiger partial charge in [0, 0.05) is 13.0 Å². The predicted molar refractivity (Wildman–Crippen MR) is 69.9 cm³/mol. The standard InChI is InChI=1S/C14H19NO3/c1-3-11-6-4-5-10(2)13(11)15-8-7-12(9-16)18-14(15)17/h4-6,12,16H,3,7-9H2,1-2H3. The molecule has 4 heteroatoms. The molecule has 1 saturated heterocycles. The maximum Gasteiger partial charge on any atom is 0.414 e. The maximum atomic E-state index is 12.0. The van der Waals surface area contributed by atoms with Crippen molar-refractivity contribution in [3.8, 4) is 0 Å². The van der Waals surface area contributed by atoms with Gasteiger partial charge in [-0.15, -0.1) is 0 Å². The lowest BCUT2D eigenvalue weighted by Crippen LogP contribution is -2.44. The number of para-hydroxylation sites is 1. The van der Waals surface area contributed by atoms with Crippen LogP contribution in [0, 0.1) is 6.92 Å². The number of cyclic esters (lactones) is 1. The molecule has 2 rings (SSSR count). The number of amides is 1. The second-order valence-corrected chi connectivity index (χ2v) is 4.56. The Morgan fingerprint density at radius 2 is 2.28 bits per heavy atom. The molecule has 1 aliphatic rings. The average Bonchev–Trinajstić information content (AvgIpc) is 2.39. The molecular weight excluding hydrogens is 230 g/mol. The SMILES string of the molecule is CCc1cccc(C)c1N1CCC(CO)OC1=O. The van der Waals surface area contributed by atoms with E-state index in [4.69, 9.17) is 9.84 Å². The highest BCUT2D eigenvalue weighted by atomic mass is 16.6. The van der Waals surface area contributed by atoms with Crippen LogP contribution >= 0.6 is 0 Å². The zero-order valence-electron chi connectivity index (χ0n) is 10.8. The summed E-state index contributed by atoms with van der Waals surface area (Å²) in [6.45, 7) is 4.57. The third kappa shape index (κ3) is 2.34. The first-order valence-electron chi connectivity index (χ1n) is 6.34. The van der Waals surface area contributed by atoms with Crippen molar-refractivity contribution in [2.45, 2.75) is 32.8 Å². The summed E-state index contributed by atoms with van der Waals surface area (Å²) in [5, 5.41) is 9.03. The minimum Gasteiger partial charge on any atom is -0.443 e. The monoisotopic (exact) mass is 249 g/mol. The van der Waals surface area contributed by atoms with E-state index in [1.807, 2.05) is 25.1 Å². The summed E-state index contributed by atoms with van der Waals surface area (Å²) < 4.78 is 5.19. The summed E-state index contributed by atoms with van der Waals surface area (Å²) in [6.07, 6.45) is 0.830. The van der Waals surface area contributed by atoms with Crippen molar-refractivity contribution >= 4 is 11.8 Å². The van der Waals surface area contributed by atoms with E-state index in [2.05, 4.69) is 6.92 Å². The van der Waals surface area contributed by atoms with E-state index in [0.29, 0.717) is 13.0 Å². The molecule has 1 heterocycles. The lowest BCUT2D eigenvalue weighted by molar-refractivity contribution is 0.0452. The Morgan fingerprint density at radius 1 is 1.50 bits per heavy atom. The Bertz CT molecular complexity index is 445. The summed E-state index contributed by atoms with van der Waals surface area (Å²) in [6, 6.07) is 6.04. The van der Waals surface area contributed by atoms with Gasteiger partial charge in [-0.1, -0.05) is 25.1 Å². The molecular formula is C14H19NO3. The number of nitrogens with zero attached hydrogens (tertiary/aromatic N) is 1. The van der Waals surface area contributed by atoms with Crippen molar-refractivity contribution in [3.05, 3.63) is 29.3 Å². The molecule has 0 radical (unpaired) electrons. The van der Waals surface area contributed by atoms with Crippen LogP contribution in [0.15, 0.2) is 18.2 Å². The van der Waals surface area contributed by atoms with Crippen LogP contribution in [0.3, 0.4) is 0 Å². The van der Waals surface area contributed by atoms with Crippen LogP contribution in [-0.4, -0.2) is 30.5 Å². The van der Waals surface area contributed by atoms with E-state index in [1.165, 1.54) is 0 Å². The second-order valence-electron chi connectivity index (χ2n) is 4.56. The number of benzene rings is 1. The highest BCUT2D eigenvalue weighted by molar-refractivity contribution is 5.90. The van der Waals surface area contributed by atoms with Gasteiger partial charge in [0.1, 0.15) is 6.10 Å². The van der Waals surface area contributed by atoms with Gasteiger partial charge >= 0.3 is 6.09 Å². The number of hydrogen-bond acceptors (Lipinski definition) is 3. The van der Waals surface area contributed by atoms with E-state index in [-0.39, 0.29) is 18.8 Å². The molecule has 0 aromatic heterocycles. The lowest BCUT2D eigenvalue weighted by Gasteiger charge is -2.33. The van der Waals surface area contributed by atoms with E-state index in [0.717, 1.165) is 23.2 Å². The van der Waals surface area contributed by atoms with Gasteiger partial charge in [0.2, 0.25) is 0 Å². The topological polar surface area (TPSA) is 49.8 Å². The van der Waals surface area contributed by atoms with Gasteiger partial charge in [0.25, 0.3) is 0 Å². The lowest BCUT2D eigenvalue weighted by atomic mass is 10.0. The molecule has 18 heavy (non-hydrogen) atoms. The fraction of sp³-hybridized carbons (Fsp3) is 0.500. The Labute approximate surface area is 107 Å². The highest BCUT2D eigenvalue weighted by Gasteiger charge is 2.29. The van der Waals surface area contributed by atoms with Gasteiger partial charge in [-0.05, 0) is 24.5 Å². The van der Waals surface area contributed by atoms with Crippen LogP contribution in [0.5, 0.6) is 0 Å². The zero-order chi connectivity index (χ0) is 13.1. The van der Waals surface area contributed by atoms with Gasteiger partial charge in [0.15, 0.2) is 0 Å². The molecule has 0 bridgehead atoms. The van der Waals surface area contributed by atoms with Gasteiger partial charge < -0.3 is 9.84 Å². The van der Waals surface area contributed by atoms with Crippen LogP contribution in [-0.2, 0) is 11.2 Å². The predicted octanol–water partition coefficient (Wildman–Crippen LogP) is 2.27. The first-order valence-corrected chi connectivity index (χ1v) is 6.34. The van der Waals surface area contributed by atoms with Crippen LogP contribution in [0.4, 0.5) is 10.5 Å². The number of carbonyl (C=O) groups is 1. The molecule has 1 fully saturated rings. The summed E-state index contributed by atoms with van der Waals surface area (Å²) in [7, 11) is 0. The minimum absolute atomic E-state index is 0.103. The fourth-order valence-corrected chi connectivity index (χ4v) is 2.35. The fourth-order valence-electron chi connectivity index (χ4n) is 2.35. The second kappa shape index (κ2) is 5.40. The number of hydrogen-bond donors (Lipinski definition) is 1. The normalized spacial score (nSPS) is 19.8. The molecule has 98 valence electrons. The van der Waals surface area contributed by atoms with Gasteiger partial charge in [-0.2, -0.15) is 0 Å². The third-order valence-corrected chi connectivity index (χ3v) is 3.34. The zero-order valence-corrected chi connectivity index (χ0v) is 10.8. The molecule has 4 nitrogen and oxygen atoms in total. The number of anilines is 1. The minimum atomic E-state index is -0.358. The number of ether oxygens (including phenoxy) is 1. The Balaban J connectivity index is 2.29. The average molecular weight is 249 g/mol. The van der Waals surface area contributed by atoms with E-state index in [9.17, 15) is 4.79 Å². The van der Waals surface area contributed by atoms with Crippen molar-refractivity contribution in [3.63, 3.8) is 0 Å². The Kier molecular flexibility index (Phi) is 3.87. The largest absolute Gasteiger partial charge is 0.443 e. The number of aliphatic hydroxyl groups excluding tert-OH is 1. The highest BCUT2D eigenvalue weighted by Crippen LogP contribution is 2.29. The van der Waals surface area contributed by atoms with Crippen molar-refractivity contribution in [1.29, 1.82) is 0 Å². The van der Waals surface area contributed by atoms with Crippen LogP contribution in [0.2, 0.25) is 0 Å². The number of carbonyl (C=O) groups excluding carboxylic acids is 1. The number of aliphatic hydroxyl groups is 1. The molecule has 1 aromatic rings. The van der Waals surface area contributed by atoms with Crippen LogP contribution in [0.1, 0.15) is 24.5 Å². The smallest absolute Gasteiger partial charge is 0.414 e. The quantitative estimate of drug-likeness (QED) is 0.894. The van der Waals surface area contributed by atoms with Crippen LogP contribution in [0.25, 0.3) is 0 Å². The summed E-state index contributed by atoms with van der Waals surface area (Å²) >= 11 is 0. The molecule has 1 N–H and O–H groups in total. The molecule has 1 amide bonds. The van der Waals surface area contributed by atoms with Crippen LogP contribution < -0.4 is 4.90 Å². The summed E-state index contributed by atoms with van der Waals surface area (Å²) in [5.74, 6) is 0. The first-order chi connectivity index (χ1) is 8.67. The third-order valence-electron chi connectivity index (χ3n) is 3.34. The van der Waals surface area contributed by atoms with Gasteiger partial charge in [-0.25, -0.2) is 4.79 Å². The van der Waals surface area contributed by atoms with Crippen molar-refractivity contribution in [2.24, 2.45) is 0 Å². The van der Waals surface area contributed by atoms with Crippen molar-refractivity contribution < 1.29 is 14.6 Å². The molecule has 0 spiro atoms. The molecule has 0 saturated carbocycles. The number of rotatable bonds is 3. The Morgan fingerprint density at radius 3 is 2.89 bits per heavy atom. The van der Waals surface area contributed by atoms with E-state index >= 15 is 0 Å². The van der Waals surface area contributed by atoms with Gasteiger partial charge in [0.05, 0.1) is 12.3 Å². The van der Waals surface area contributed by atoms with Crippen molar-refractivity contribution in [2.75, 3.05) is 18.1 Å². The molecule has 0 aliphatic carbocycles. The number of aryl methyl sites for hydroxylation is 2. The first kappa shape index (κ1) is 12.9. The maximum absolute atomic E-state index is 12.0. The summed E-state index contributed by atoms with van der Waals surface area (Å²) in [4.78, 5) is 13.7. The molecule has 1 aromatic carbocycles.